The van der Waals surface area contributed by atoms with E-state index in [9.17, 15) is 9.59 Å². The molecular weight excluding hydrogens is 340 g/mol. The Hall–Kier alpha value is -1.30. The molecule has 0 spiro atoms. The van der Waals surface area contributed by atoms with E-state index in [1.807, 2.05) is 0 Å². The van der Waals surface area contributed by atoms with Gasteiger partial charge >= 0.3 is 6.03 Å². The van der Waals surface area contributed by atoms with Gasteiger partial charge in [0.25, 0.3) is 0 Å². The molecule has 1 N–H and O–H groups in total. The van der Waals surface area contributed by atoms with Crippen molar-refractivity contribution in [3.63, 3.8) is 0 Å². The fraction of sp³-hybridized carbons (Fsp3) is 0.905. The molecule has 5 rings (SSSR count). The third kappa shape index (κ3) is 3.45. The van der Waals surface area contributed by atoms with E-state index in [4.69, 9.17) is 0 Å². The summed E-state index contributed by atoms with van der Waals surface area (Å²) in [7, 11) is 0. The summed E-state index contributed by atoms with van der Waals surface area (Å²) in [5.74, 6) is 0.766. The maximum atomic E-state index is 12.5. The molecule has 3 aliphatic heterocycles. The highest BCUT2D eigenvalue weighted by atomic mass is 16.2. The summed E-state index contributed by atoms with van der Waals surface area (Å²) in [6.07, 6.45) is 11.5. The second-order valence-corrected chi connectivity index (χ2v) is 9.41. The van der Waals surface area contributed by atoms with Crippen molar-refractivity contribution in [3.8, 4) is 0 Å². The number of likely N-dealkylation sites (tertiary alicyclic amines) is 2. The monoisotopic (exact) mass is 374 g/mol. The summed E-state index contributed by atoms with van der Waals surface area (Å²) in [5, 5.41) is 3.24. The number of fused-ring (bicyclic) bond motifs is 1. The first-order valence-corrected chi connectivity index (χ1v) is 11.3. The smallest absolute Gasteiger partial charge is 0.318 e. The first-order chi connectivity index (χ1) is 13.2. The lowest BCUT2D eigenvalue weighted by Crippen LogP contribution is -2.53. The van der Waals surface area contributed by atoms with Crippen molar-refractivity contribution in [2.45, 2.75) is 88.4 Å². The molecule has 2 aliphatic carbocycles. The van der Waals surface area contributed by atoms with Crippen molar-refractivity contribution in [3.05, 3.63) is 0 Å². The van der Waals surface area contributed by atoms with E-state index < -0.39 is 0 Å². The Morgan fingerprint density at radius 3 is 2.19 bits per heavy atom. The molecule has 0 radical (unpaired) electrons. The molecule has 150 valence electrons. The Balaban J connectivity index is 1.12. The standard InChI is InChI=1S/C21H34N4O2/c26-20(15-5-6-15)24-13-7-16(8-14-24)23-11-9-17(10-12-23)25-19-4-2-1-3-18(19)22-21(25)27/h15-19H,1-14H2,(H,22,27)/t18-,19-/m1/s1. The molecule has 6 heteroatoms. The van der Waals surface area contributed by atoms with Gasteiger partial charge < -0.3 is 20.0 Å². The molecular formula is C21H34N4O2. The summed E-state index contributed by atoms with van der Waals surface area (Å²) in [5.41, 5.74) is 0. The van der Waals surface area contributed by atoms with Crippen molar-refractivity contribution >= 4 is 11.9 Å². The van der Waals surface area contributed by atoms with Crippen LogP contribution >= 0.6 is 0 Å². The van der Waals surface area contributed by atoms with Gasteiger partial charge in [0.2, 0.25) is 5.91 Å². The highest BCUT2D eigenvalue weighted by molar-refractivity contribution is 5.81. The number of hydrogen-bond acceptors (Lipinski definition) is 3. The third-order valence-electron chi connectivity index (χ3n) is 7.74. The van der Waals surface area contributed by atoms with Crippen LogP contribution in [-0.4, -0.2) is 77.0 Å². The Labute approximate surface area is 162 Å². The maximum absolute atomic E-state index is 12.5. The normalized spacial score (nSPS) is 33.9. The average molecular weight is 375 g/mol. The van der Waals surface area contributed by atoms with E-state index >= 15 is 0 Å². The minimum atomic E-state index is 0.192. The van der Waals surface area contributed by atoms with Crippen LogP contribution < -0.4 is 5.32 Å². The number of piperidine rings is 2. The maximum Gasteiger partial charge on any atom is 0.318 e. The third-order valence-corrected chi connectivity index (χ3v) is 7.74. The molecule has 3 saturated heterocycles. The van der Waals surface area contributed by atoms with E-state index in [-0.39, 0.29) is 6.03 Å². The number of nitrogens with one attached hydrogen (secondary N) is 1. The molecule has 6 nitrogen and oxygen atoms in total. The van der Waals surface area contributed by atoms with Crippen LogP contribution in [0, 0.1) is 5.92 Å². The van der Waals surface area contributed by atoms with Crippen molar-refractivity contribution in [1.29, 1.82) is 0 Å². The molecule has 0 unspecified atom stereocenters. The number of urea groups is 1. The van der Waals surface area contributed by atoms with Gasteiger partial charge in [0, 0.05) is 44.2 Å². The van der Waals surface area contributed by atoms with Gasteiger partial charge in [-0.2, -0.15) is 0 Å². The van der Waals surface area contributed by atoms with E-state index in [1.165, 1.54) is 19.3 Å². The molecule has 5 aliphatic rings. The van der Waals surface area contributed by atoms with Crippen LogP contribution in [0.2, 0.25) is 0 Å². The van der Waals surface area contributed by atoms with E-state index in [1.54, 1.807) is 0 Å². The SMILES string of the molecule is O=C(C1CC1)N1CCC(N2CCC(N3C(=O)N[C@@H]4CCCC[C@H]43)CC2)CC1. The van der Waals surface area contributed by atoms with Gasteiger partial charge in [-0.25, -0.2) is 4.79 Å². The summed E-state index contributed by atoms with van der Waals surface area (Å²) in [6.45, 7) is 4.09. The topological polar surface area (TPSA) is 55.9 Å². The van der Waals surface area contributed by atoms with Crippen LogP contribution in [0.5, 0.6) is 0 Å². The first kappa shape index (κ1) is 17.8. The number of hydrogen-bond donors (Lipinski definition) is 1. The number of rotatable bonds is 3. The summed E-state index contributed by atoms with van der Waals surface area (Å²) in [6, 6.07) is 2.09. The Morgan fingerprint density at radius 2 is 1.48 bits per heavy atom. The molecule has 0 aromatic rings. The molecule has 27 heavy (non-hydrogen) atoms. The van der Waals surface area contributed by atoms with Crippen LogP contribution in [0.1, 0.15) is 64.2 Å². The van der Waals surface area contributed by atoms with Crippen LogP contribution in [-0.2, 0) is 4.79 Å². The van der Waals surface area contributed by atoms with Crippen molar-refractivity contribution in [1.82, 2.24) is 20.0 Å². The zero-order valence-electron chi connectivity index (χ0n) is 16.4. The molecule has 2 atom stereocenters. The minimum Gasteiger partial charge on any atom is -0.342 e. The van der Waals surface area contributed by atoms with Crippen molar-refractivity contribution in [2.24, 2.45) is 5.92 Å². The van der Waals surface area contributed by atoms with Crippen LogP contribution in [0.4, 0.5) is 4.79 Å². The Bertz CT molecular complexity index is 577. The van der Waals surface area contributed by atoms with E-state index in [2.05, 4.69) is 20.0 Å². The number of carbonyl (C=O) groups is 2. The number of carbonyl (C=O) groups excluding carboxylic acids is 2. The van der Waals surface area contributed by atoms with Crippen molar-refractivity contribution < 1.29 is 9.59 Å². The summed E-state index contributed by atoms with van der Waals surface area (Å²) < 4.78 is 0. The minimum absolute atomic E-state index is 0.192. The second kappa shape index (κ2) is 7.26. The lowest BCUT2D eigenvalue weighted by atomic mass is 9.89. The second-order valence-electron chi connectivity index (χ2n) is 9.41. The lowest BCUT2D eigenvalue weighted by Gasteiger charge is -2.44. The van der Waals surface area contributed by atoms with Crippen LogP contribution in [0.15, 0.2) is 0 Å². The fourth-order valence-electron chi connectivity index (χ4n) is 6.00. The summed E-state index contributed by atoms with van der Waals surface area (Å²) >= 11 is 0. The number of amides is 3. The predicted molar refractivity (Wildman–Crippen MR) is 103 cm³/mol. The van der Waals surface area contributed by atoms with Gasteiger partial charge in [-0.3, -0.25) is 4.79 Å². The molecule has 5 fully saturated rings. The lowest BCUT2D eigenvalue weighted by molar-refractivity contribution is -0.134. The highest BCUT2D eigenvalue weighted by Gasteiger charge is 2.44. The zero-order valence-corrected chi connectivity index (χ0v) is 16.4. The molecule has 0 aromatic heterocycles. The Kier molecular flexibility index (Phi) is 4.78. The molecule has 3 heterocycles. The van der Waals surface area contributed by atoms with Crippen LogP contribution in [0.25, 0.3) is 0 Å². The van der Waals surface area contributed by atoms with E-state index in [0.29, 0.717) is 36.0 Å². The zero-order chi connectivity index (χ0) is 18.4. The largest absolute Gasteiger partial charge is 0.342 e. The van der Waals surface area contributed by atoms with Gasteiger partial charge in [0.05, 0.1) is 12.1 Å². The molecule has 2 saturated carbocycles. The average Bonchev–Trinajstić information content (AvgIpc) is 3.50. The quantitative estimate of drug-likeness (QED) is 0.824. The van der Waals surface area contributed by atoms with Gasteiger partial charge in [-0.05, 0) is 51.4 Å². The van der Waals surface area contributed by atoms with Crippen molar-refractivity contribution in [2.75, 3.05) is 26.2 Å². The van der Waals surface area contributed by atoms with Gasteiger partial charge in [0.1, 0.15) is 0 Å². The molecule has 0 aromatic carbocycles. The number of nitrogens with zero attached hydrogens (tertiary/aromatic N) is 3. The van der Waals surface area contributed by atoms with Gasteiger partial charge in [-0.1, -0.05) is 12.8 Å². The molecule has 0 bridgehead atoms. The predicted octanol–water partition coefficient (Wildman–Crippen LogP) is 2.19. The van der Waals surface area contributed by atoms with Gasteiger partial charge in [0.15, 0.2) is 0 Å². The summed E-state index contributed by atoms with van der Waals surface area (Å²) in [4.78, 5) is 31.8. The molecule has 3 amide bonds. The first-order valence-electron chi connectivity index (χ1n) is 11.3. The fourth-order valence-corrected chi connectivity index (χ4v) is 6.00. The van der Waals surface area contributed by atoms with Crippen LogP contribution in [0.3, 0.4) is 0 Å². The highest BCUT2D eigenvalue weighted by Crippen LogP contribution is 2.34. The Morgan fingerprint density at radius 1 is 0.815 bits per heavy atom. The van der Waals surface area contributed by atoms with E-state index in [0.717, 1.165) is 71.1 Å². The van der Waals surface area contributed by atoms with Gasteiger partial charge in [-0.15, -0.1) is 0 Å².